The highest BCUT2D eigenvalue weighted by Crippen LogP contribution is 2.29. The van der Waals surface area contributed by atoms with E-state index in [0.717, 1.165) is 11.1 Å². The molecule has 2 heterocycles. The van der Waals surface area contributed by atoms with Gasteiger partial charge >= 0.3 is 11.8 Å². The summed E-state index contributed by atoms with van der Waals surface area (Å²) >= 11 is 0. The van der Waals surface area contributed by atoms with Gasteiger partial charge in [-0.1, -0.05) is 73.7 Å². The standard InChI is InChI=1S/C37H39N7O10/c1-5-10-30-40-32(37(3,4)48)31(35(46)51-21-29-22(2)53-36(47)54-29)42(30)19-23-15-17-24(18-16-23)26-12-8-9-14-28(26)33(38)41-43(39)34(45)27-13-7-6-11-25(27)20-52-44(49)50/h6-9,11-18,48H,5,10,19-21,39H2,1-4H3,(H2,38,41). The number of aliphatic hydroxyl groups is 1. The van der Waals surface area contributed by atoms with Crippen molar-refractivity contribution < 1.29 is 38.2 Å². The summed E-state index contributed by atoms with van der Waals surface area (Å²) in [4.78, 5) is 58.1. The molecule has 17 heteroatoms. The second-order valence-electron chi connectivity index (χ2n) is 12.7. The van der Waals surface area contributed by atoms with Crippen LogP contribution in [-0.2, 0) is 41.4 Å². The Kier molecular flexibility index (Phi) is 11.7. The molecule has 0 saturated carbocycles. The maximum absolute atomic E-state index is 13.6. The lowest BCUT2D eigenvalue weighted by Gasteiger charge is -2.18. The lowest BCUT2D eigenvalue weighted by atomic mass is 9.98. The number of esters is 1. The highest BCUT2D eigenvalue weighted by atomic mass is 16.9. The van der Waals surface area contributed by atoms with Crippen LogP contribution in [-0.4, -0.2) is 42.6 Å². The third kappa shape index (κ3) is 8.88. The van der Waals surface area contributed by atoms with Crippen LogP contribution in [0.4, 0.5) is 0 Å². The van der Waals surface area contributed by atoms with E-state index in [2.05, 4.69) is 14.9 Å². The number of carbonyl (C=O) groups is 2. The second-order valence-corrected chi connectivity index (χ2v) is 12.7. The van der Waals surface area contributed by atoms with E-state index in [1.165, 1.54) is 32.9 Å². The number of amides is 1. The predicted octanol–water partition coefficient (Wildman–Crippen LogP) is 4.33. The molecular formula is C37H39N7O10. The Bertz CT molecular complexity index is 2250. The minimum absolute atomic E-state index is 0.0507. The third-order valence-electron chi connectivity index (χ3n) is 8.27. The van der Waals surface area contributed by atoms with Crippen LogP contribution >= 0.6 is 0 Å². The van der Waals surface area contributed by atoms with Crippen molar-refractivity contribution in [1.82, 2.24) is 14.7 Å². The second kappa shape index (κ2) is 16.4. The SMILES string of the molecule is CCCc1nc(C(C)(C)O)c(C(=O)OCc2oc(=O)oc2C)n1Cc1ccc(-c2ccccc2/C(N)=N/N(N)C(=O)c2ccccc2CO[N+](=O)[O-])cc1. The Hall–Kier alpha value is -6.59. The number of hydrazone groups is 1. The smallest absolute Gasteiger partial charge is 0.453 e. The first-order valence-corrected chi connectivity index (χ1v) is 16.7. The summed E-state index contributed by atoms with van der Waals surface area (Å²) < 4.78 is 17.1. The van der Waals surface area contributed by atoms with Crippen LogP contribution < -0.4 is 17.4 Å². The number of hydrogen-bond acceptors (Lipinski definition) is 13. The summed E-state index contributed by atoms with van der Waals surface area (Å²) in [6.45, 7) is 5.92. The first kappa shape index (κ1) is 38.6. The Balaban J connectivity index is 1.41. The topological polar surface area (TPSA) is 245 Å². The average molecular weight is 742 g/mol. The summed E-state index contributed by atoms with van der Waals surface area (Å²) in [7, 11) is 0. The van der Waals surface area contributed by atoms with Crippen LogP contribution in [0.25, 0.3) is 11.1 Å². The van der Waals surface area contributed by atoms with E-state index < -0.39 is 35.0 Å². The number of amidine groups is 1. The van der Waals surface area contributed by atoms with Crippen molar-refractivity contribution in [1.29, 1.82) is 0 Å². The average Bonchev–Trinajstić information content (AvgIpc) is 3.67. The van der Waals surface area contributed by atoms with Crippen molar-refractivity contribution in [2.24, 2.45) is 16.7 Å². The number of nitrogens with zero attached hydrogens (tertiary/aromatic N) is 5. The molecule has 0 bridgehead atoms. The molecule has 0 saturated heterocycles. The van der Waals surface area contributed by atoms with Gasteiger partial charge in [0.05, 0.1) is 0 Å². The quantitative estimate of drug-likeness (QED) is 0.0257. The molecule has 0 fully saturated rings. The minimum Gasteiger partial charge on any atom is -0.453 e. The molecule has 0 unspecified atom stereocenters. The largest absolute Gasteiger partial charge is 0.519 e. The van der Waals surface area contributed by atoms with E-state index in [0.29, 0.717) is 34.9 Å². The fraction of sp³-hybridized carbons (Fsp3) is 0.270. The molecule has 0 aliphatic carbocycles. The van der Waals surface area contributed by atoms with E-state index in [1.807, 2.05) is 43.3 Å². The number of aromatic nitrogens is 2. The molecule has 0 aliphatic heterocycles. The molecule has 0 atom stereocenters. The number of hydrogen-bond donors (Lipinski definition) is 3. The first-order valence-electron chi connectivity index (χ1n) is 16.7. The molecule has 5 aromatic rings. The van der Waals surface area contributed by atoms with E-state index in [1.54, 1.807) is 28.8 Å². The van der Waals surface area contributed by atoms with Crippen molar-refractivity contribution in [2.45, 2.75) is 65.9 Å². The molecule has 17 nitrogen and oxygen atoms in total. The Morgan fingerprint density at radius 2 is 1.70 bits per heavy atom. The lowest BCUT2D eigenvalue weighted by Crippen LogP contribution is -2.36. The van der Waals surface area contributed by atoms with Gasteiger partial charge in [0.15, 0.2) is 29.7 Å². The lowest BCUT2D eigenvalue weighted by molar-refractivity contribution is -0.763. The summed E-state index contributed by atoms with van der Waals surface area (Å²) in [5.41, 5.74) is 8.06. The number of benzene rings is 3. The van der Waals surface area contributed by atoms with E-state index in [-0.39, 0.29) is 53.0 Å². The molecule has 5 rings (SSSR count). The van der Waals surface area contributed by atoms with Crippen LogP contribution in [0.5, 0.6) is 0 Å². The number of ether oxygens (including phenoxy) is 1. The third-order valence-corrected chi connectivity index (χ3v) is 8.27. The highest BCUT2D eigenvalue weighted by Gasteiger charge is 2.33. The van der Waals surface area contributed by atoms with Gasteiger partial charge in [-0.3, -0.25) is 4.79 Å². The summed E-state index contributed by atoms with van der Waals surface area (Å²) in [5.74, 6) is 4.31. The predicted molar refractivity (Wildman–Crippen MR) is 193 cm³/mol. The van der Waals surface area contributed by atoms with Gasteiger partial charge in [0.2, 0.25) is 0 Å². The zero-order valence-corrected chi connectivity index (χ0v) is 30.0. The van der Waals surface area contributed by atoms with Crippen molar-refractivity contribution in [3.63, 3.8) is 0 Å². The highest BCUT2D eigenvalue weighted by molar-refractivity contribution is 6.04. The van der Waals surface area contributed by atoms with E-state index >= 15 is 0 Å². The molecule has 0 aliphatic rings. The molecule has 1 amide bonds. The van der Waals surface area contributed by atoms with Gasteiger partial charge in [0.25, 0.3) is 11.0 Å². The van der Waals surface area contributed by atoms with E-state index in [4.69, 9.17) is 25.1 Å². The minimum atomic E-state index is -1.49. The van der Waals surface area contributed by atoms with Crippen molar-refractivity contribution in [3.05, 3.63) is 145 Å². The molecule has 0 spiro atoms. The fourth-order valence-electron chi connectivity index (χ4n) is 5.67. The number of nitrogens with two attached hydrogens (primary N) is 2. The van der Waals surface area contributed by atoms with Crippen LogP contribution in [0.2, 0.25) is 0 Å². The van der Waals surface area contributed by atoms with Crippen LogP contribution in [0.1, 0.15) is 87.8 Å². The summed E-state index contributed by atoms with van der Waals surface area (Å²) in [5, 5.41) is 25.4. The van der Waals surface area contributed by atoms with Gasteiger partial charge < -0.3 is 33.8 Å². The maximum Gasteiger partial charge on any atom is 0.519 e. The molecule has 3 aromatic carbocycles. The Morgan fingerprint density at radius 3 is 2.33 bits per heavy atom. The fourth-order valence-corrected chi connectivity index (χ4v) is 5.67. The van der Waals surface area contributed by atoms with Gasteiger partial charge in [0.1, 0.15) is 23.7 Å². The monoisotopic (exact) mass is 741 g/mol. The van der Waals surface area contributed by atoms with Crippen LogP contribution in [0.3, 0.4) is 0 Å². The Labute approximate surface area is 308 Å². The molecule has 54 heavy (non-hydrogen) atoms. The van der Waals surface area contributed by atoms with Gasteiger partial charge in [-0.15, -0.1) is 15.2 Å². The number of aryl methyl sites for hydroxylation is 2. The van der Waals surface area contributed by atoms with Gasteiger partial charge in [-0.2, -0.15) is 5.12 Å². The van der Waals surface area contributed by atoms with Crippen molar-refractivity contribution >= 4 is 17.7 Å². The molecule has 5 N–H and O–H groups in total. The van der Waals surface area contributed by atoms with Gasteiger partial charge in [-0.25, -0.2) is 20.4 Å². The number of rotatable bonds is 15. The molecule has 2 aromatic heterocycles. The maximum atomic E-state index is 13.6. The number of hydrazine groups is 1. The number of carbonyl (C=O) groups excluding carboxylic acids is 2. The van der Waals surface area contributed by atoms with E-state index in [9.17, 15) is 29.6 Å². The van der Waals surface area contributed by atoms with Crippen LogP contribution in [0, 0.1) is 17.0 Å². The van der Waals surface area contributed by atoms with Crippen LogP contribution in [0.15, 0.2) is 91.5 Å². The molecule has 282 valence electrons. The molecule has 0 radical (unpaired) electrons. The zero-order valence-electron chi connectivity index (χ0n) is 30.0. The normalized spacial score (nSPS) is 11.7. The summed E-state index contributed by atoms with van der Waals surface area (Å²) in [6.07, 6.45) is 1.22. The summed E-state index contributed by atoms with van der Waals surface area (Å²) in [6, 6.07) is 20.6. The number of imidazole rings is 1. The Morgan fingerprint density at radius 1 is 1.04 bits per heavy atom. The zero-order chi connectivity index (χ0) is 39.2. The van der Waals surface area contributed by atoms with Gasteiger partial charge in [-0.05, 0) is 55.5 Å². The van der Waals surface area contributed by atoms with Crippen molar-refractivity contribution in [2.75, 3.05) is 0 Å². The molecular weight excluding hydrogens is 702 g/mol. The first-order chi connectivity index (χ1) is 25.7. The van der Waals surface area contributed by atoms with Crippen molar-refractivity contribution in [3.8, 4) is 11.1 Å². The van der Waals surface area contributed by atoms with Gasteiger partial charge in [0, 0.05) is 24.1 Å².